The minimum atomic E-state index is -1.16. The molecule has 4 heterocycles. The van der Waals surface area contributed by atoms with Gasteiger partial charge in [-0.1, -0.05) is 18.2 Å². The number of hydrogen-bond acceptors (Lipinski definition) is 8. The SMILES string of the molecule is COCCN1C[C@@H](NC(=O)Nc2c(C)c(-c3ccnc(C(=O)O)c3)nn2-c2ccccc2)[C@H](c2ccnc(F)c2)O1. The van der Waals surface area contributed by atoms with Crippen LogP contribution in [0.15, 0.2) is 67.0 Å². The van der Waals surface area contributed by atoms with E-state index in [2.05, 4.69) is 20.6 Å². The fraction of sp³-hybridized carbons (Fsp3) is 0.250. The Morgan fingerprint density at radius 1 is 1.15 bits per heavy atom. The molecule has 212 valence electrons. The standard InChI is InChI=1S/C28H28FN7O5/c1-17-24(18-8-10-30-21(14-18)27(37)38)34-36(20-6-4-3-5-7-20)26(17)33-28(39)32-22-16-35(12-13-40-2)41-25(22)19-9-11-31-23(29)15-19/h3-11,14-15,22,25H,12-13,16H2,1-2H3,(H,37,38)(H2,32,33,39)/t22-,25+/m1/s1. The van der Waals surface area contributed by atoms with Gasteiger partial charge in [0.1, 0.15) is 17.6 Å². The molecule has 1 fully saturated rings. The first kappa shape index (κ1) is 27.8. The lowest BCUT2D eigenvalue weighted by molar-refractivity contribution is -0.154. The van der Waals surface area contributed by atoms with Gasteiger partial charge in [-0.15, -0.1) is 0 Å². The number of anilines is 1. The number of urea groups is 1. The third-order valence-corrected chi connectivity index (χ3v) is 6.58. The molecular weight excluding hydrogens is 533 g/mol. The number of aromatic carboxylic acids is 1. The van der Waals surface area contributed by atoms with Gasteiger partial charge in [-0.05, 0) is 48.9 Å². The number of hydroxylamine groups is 2. The Bertz CT molecular complexity index is 1550. The Kier molecular flexibility index (Phi) is 8.29. The number of carboxylic acids is 1. The smallest absolute Gasteiger partial charge is 0.354 e. The van der Waals surface area contributed by atoms with Crippen molar-refractivity contribution >= 4 is 17.8 Å². The number of rotatable bonds is 9. The molecule has 0 bridgehead atoms. The molecule has 0 spiro atoms. The third kappa shape index (κ3) is 6.22. The normalized spacial score (nSPS) is 17.0. The molecule has 5 rings (SSSR count). The van der Waals surface area contributed by atoms with Crippen molar-refractivity contribution in [3.8, 4) is 16.9 Å². The Hall–Kier alpha value is -4.72. The summed E-state index contributed by atoms with van der Waals surface area (Å²) in [5.41, 5.74) is 2.72. The highest BCUT2D eigenvalue weighted by Crippen LogP contribution is 2.32. The molecule has 4 aromatic rings. The van der Waals surface area contributed by atoms with Crippen LogP contribution < -0.4 is 10.6 Å². The predicted molar refractivity (Wildman–Crippen MR) is 146 cm³/mol. The summed E-state index contributed by atoms with van der Waals surface area (Å²) in [4.78, 5) is 38.4. The number of hydrogen-bond donors (Lipinski definition) is 3. The summed E-state index contributed by atoms with van der Waals surface area (Å²) in [5.74, 6) is -1.42. The average Bonchev–Trinajstić information content (AvgIpc) is 3.52. The van der Waals surface area contributed by atoms with E-state index < -0.39 is 30.1 Å². The van der Waals surface area contributed by atoms with Crippen molar-refractivity contribution < 1.29 is 28.7 Å². The van der Waals surface area contributed by atoms with Crippen LogP contribution in [-0.2, 0) is 9.57 Å². The first-order valence-corrected chi connectivity index (χ1v) is 12.8. The lowest BCUT2D eigenvalue weighted by atomic mass is 10.0. The highest BCUT2D eigenvalue weighted by molar-refractivity contribution is 5.92. The lowest BCUT2D eigenvalue weighted by Crippen LogP contribution is -2.42. The first-order chi connectivity index (χ1) is 19.8. The molecule has 1 aliphatic rings. The monoisotopic (exact) mass is 561 g/mol. The second kappa shape index (κ2) is 12.2. The Morgan fingerprint density at radius 3 is 2.66 bits per heavy atom. The Balaban J connectivity index is 1.44. The van der Waals surface area contributed by atoms with Gasteiger partial charge in [-0.3, -0.25) is 10.2 Å². The number of nitrogens with zero attached hydrogens (tertiary/aromatic N) is 5. The molecule has 13 heteroatoms. The predicted octanol–water partition coefficient (Wildman–Crippen LogP) is 3.60. The number of ether oxygens (including phenoxy) is 1. The zero-order chi connectivity index (χ0) is 28.9. The number of benzene rings is 1. The van der Waals surface area contributed by atoms with Gasteiger partial charge in [-0.2, -0.15) is 14.6 Å². The maximum Gasteiger partial charge on any atom is 0.354 e. The molecule has 2 atom stereocenters. The van der Waals surface area contributed by atoms with E-state index >= 15 is 0 Å². The van der Waals surface area contributed by atoms with E-state index in [4.69, 9.17) is 14.7 Å². The number of amides is 2. The highest BCUT2D eigenvalue weighted by atomic mass is 19.1. The maximum absolute atomic E-state index is 13.9. The van der Waals surface area contributed by atoms with Crippen molar-refractivity contribution in [1.82, 2.24) is 30.1 Å². The number of halogens is 1. The Labute approximate surface area is 234 Å². The van der Waals surface area contributed by atoms with Crippen LogP contribution in [0.2, 0.25) is 0 Å². The van der Waals surface area contributed by atoms with Gasteiger partial charge in [-0.25, -0.2) is 24.2 Å². The van der Waals surface area contributed by atoms with Crippen molar-refractivity contribution in [2.24, 2.45) is 0 Å². The van der Waals surface area contributed by atoms with Gasteiger partial charge in [0.25, 0.3) is 0 Å². The van der Waals surface area contributed by atoms with Crippen molar-refractivity contribution in [2.75, 3.05) is 32.1 Å². The number of methoxy groups -OCH3 is 1. The molecule has 1 saturated heterocycles. The van der Waals surface area contributed by atoms with E-state index in [0.29, 0.717) is 53.6 Å². The maximum atomic E-state index is 13.9. The van der Waals surface area contributed by atoms with Gasteiger partial charge in [0, 0.05) is 43.7 Å². The van der Waals surface area contributed by atoms with Gasteiger partial charge >= 0.3 is 12.0 Å². The second-order valence-electron chi connectivity index (χ2n) is 9.33. The van der Waals surface area contributed by atoms with Crippen LogP contribution in [0, 0.1) is 12.9 Å². The number of pyridine rings is 2. The third-order valence-electron chi connectivity index (χ3n) is 6.58. The van der Waals surface area contributed by atoms with Gasteiger partial charge in [0.15, 0.2) is 0 Å². The van der Waals surface area contributed by atoms with Crippen molar-refractivity contribution in [3.63, 3.8) is 0 Å². The molecule has 1 aromatic carbocycles. The number of carbonyl (C=O) groups excluding carboxylic acids is 1. The molecular formula is C28H28FN7O5. The largest absolute Gasteiger partial charge is 0.477 e. The van der Waals surface area contributed by atoms with Gasteiger partial charge in [0.05, 0.1) is 24.0 Å². The fourth-order valence-electron chi connectivity index (χ4n) is 4.62. The summed E-state index contributed by atoms with van der Waals surface area (Å²) in [6.45, 7) is 2.98. The van der Waals surface area contributed by atoms with E-state index in [9.17, 15) is 19.1 Å². The van der Waals surface area contributed by atoms with Crippen molar-refractivity contribution in [3.05, 3.63) is 89.8 Å². The quantitative estimate of drug-likeness (QED) is 0.261. The summed E-state index contributed by atoms with van der Waals surface area (Å²) in [7, 11) is 1.58. The van der Waals surface area contributed by atoms with Gasteiger partial charge < -0.3 is 15.2 Å². The van der Waals surface area contributed by atoms with Crippen LogP contribution in [0.5, 0.6) is 0 Å². The van der Waals surface area contributed by atoms with E-state index in [-0.39, 0.29) is 5.69 Å². The van der Waals surface area contributed by atoms with Crippen LogP contribution in [-0.4, -0.2) is 74.8 Å². The summed E-state index contributed by atoms with van der Waals surface area (Å²) < 4.78 is 20.6. The molecule has 1 aliphatic heterocycles. The molecule has 0 radical (unpaired) electrons. The summed E-state index contributed by atoms with van der Waals surface area (Å²) in [5, 5.41) is 21.6. The van der Waals surface area contributed by atoms with Crippen LogP contribution in [0.25, 0.3) is 16.9 Å². The Morgan fingerprint density at radius 2 is 1.93 bits per heavy atom. The molecule has 12 nitrogen and oxygen atoms in total. The average molecular weight is 562 g/mol. The molecule has 41 heavy (non-hydrogen) atoms. The lowest BCUT2D eigenvalue weighted by Gasteiger charge is -2.19. The zero-order valence-corrected chi connectivity index (χ0v) is 22.3. The topological polar surface area (TPSA) is 144 Å². The second-order valence-corrected chi connectivity index (χ2v) is 9.33. The first-order valence-electron chi connectivity index (χ1n) is 12.8. The number of nitrogens with one attached hydrogen (secondary N) is 2. The van der Waals surface area contributed by atoms with Crippen molar-refractivity contribution in [2.45, 2.75) is 19.1 Å². The van der Waals surface area contributed by atoms with E-state index in [1.54, 1.807) is 35.9 Å². The van der Waals surface area contributed by atoms with E-state index in [1.165, 1.54) is 24.5 Å². The van der Waals surface area contributed by atoms with Gasteiger partial charge in [0.2, 0.25) is 5.95 Å². The van der Waals surface area contributed by atoms with Crippen LogP contribution in [0.1, 0.15) is 27.7 Å². The van der Waals surface area contributed by atoms with Crippen LogP contribution in [0.3, 0.4) is 0 Å². The molecule has 0 aliphatic carbocycles. The van der Waals surface area contributed by atoms with E-state index in [0.717, 1.165) is 0 Å². The highest BCUT2D eigenvalue weighted by Gasteiger charge is 2.37. The minimum Gasteiger partial charge on any atom is -0.477 e. The molecule has 3 N–H and O–H groups in total. The zero-order valence-electron chi connectivity index (χ0n) is 22.3. The molecule has 0 saturated carbocycles. The number of carboxylic acid groups (broad SMARTS) is 1. The van der Waals surface area contributed by atoms with Crippen LogP contribution in [0.4, 0.5) is 15.0 Å². The van der Waals surface area contributed by atoms with E-state index in [1.807, 2.05) is 30.3 Å². The fourth-order valence-corrected chi connectivity index (χ4v) is 4.62. The number of aromatic nitrogens is 4. The molecule has 0 unspecified atom stereocenters. The molecule has 2 amide bonds. The van der Waals surface area contributed by atoms with Crippen LogP contribution >= 0.6 is 0 Å². The number of carbonyl (C=O) groups is 2. The summed E-state index contributed by atoms with van der Waals surface area (Å²) >= 11 is 0. The minimum absolute atomic E-state index is 0.124. The summed E-state index contributed by atoms with van der Waals surface area (Å²) in [6.07, 6.45) is 2.09. The van der Waals surface area contributed by atoms with Crippen molar-refractivity contribution in [1.29, 1.82) is 0 Å². The number of para-hydroxylation sites is 1. The summed E-state index contributed by atoms with van der Waals surface area (Å²) in [6, 6.07) is 14.2. The molecule has 3 aromatic heterocycles.